The normalized spacial score (nSPS) is 12.7. The smallest absolute Gasteiger partial charge is 0.330 e. The van der Waals surface area contributed by atoms with Crippen LogP contribution in [0.1, 0.15) is 29.2 Å². The van der Waals surface area contributed by atoms with Gasteiger partial charge in [0.25, 0.3) is 0 Å². The number of methoxy groups -OCH3 is 1. The lowest BCUT2D eigenvalue weighted by molar-refractivity contribution is 0.310. The predicted molar refractivity (Wildman–Crippen MR) is 149 cm³/mol. The highest BCUT2D eigenvalue weighted by Gasteiger charge is 2.22. The fraction of sp³-hybridized carbons (Fsp3) is 0.345. The molecule has 0 fully saturated rings. The molecule has 198 valence electrons. The standard InChI is InChI=1S/C29H34N6O3/c1-6-38-25-15-21-8-11-34-23(22(21)16-24(25)37-5)17-27(32-28-19(3)13-18(2)14-20(28)4)35(29(34)36)12-10-30-26-7-9-31-33-26/h7,9,13-17H,6,8,10-12H2,1-5H3,(H2,30,31,33). The number of aromatic amines is 1. The molecule has 9 heteroatoms. The van der Waals surface area contributed by atoms with Gasteiger partial charge >= 0.3 is 5.69 Å². The topological polar surface area (TPSA) is 98.5 Å². The lowest BCUT2D eigenvalue weighted by Gasteiger charge is -2.25. The average Bonchev–Trinajstić information content (AvgIpc) is 3.41. The summed E-state index contributed by atoms with van der Waals surface area (Å²) in [5, 5.41) is 10.2. The van der Waals surface area contributed by atoms with Gasteiger partial charge in [0, 0.05) is 31.3 Å². The van der Waals surface area contributed by atoms with E-state index in [1.807, 2.05) is 35.8 Å². The Morgan fingerprint density at radius 1 is 1.11 bits per heavy atom. The molecule has 0 saturated heterocycles. The molecule has 1 aliphatic heterocycles. The largest absolute Gasteiger partial charge is 0.493 e. The van der Waals surface area contributed by atoms with Gasteiger partial charge in [-0.3, -0.25) is 14.2 Å². The van der Waals surface area contributed by atoms with Gasteiger partial charge in [-0.1, -0.05) is 17.7 Å². The first-order chi connectivity index (χ1) is 18.4. The highest BCUT2D eigenvalue weighted by atomic mass is 16.5. The Labute approximate surface area is 221 Å². The van der Waals surface area contributed by atoms with Crippen LogP contribution in [0.15, 0.2) is 52.4 Å². The molecule has 3 heterocycles. The fourth-order valence-electron chi connectivity index (χ4n) is 5.19. The molecular weight excluding hydrogens is 480 g/mol. The summed E-state index contributed by atoms with van der Waals surface area (Å²) in [6.45, 7) is 10.3. The summed E-state index contributed by atoms with van der Waals surface area (Å²) < 4.78 is 15.0. The molecule has 5 rings (SSSR count). The van der Waals surface area contributed by atoms with Gasteiger partial charge in [0.2, 0.25) is 0 Å². The zero-order valence-electron chi connectivity index (χ0n) is 22.6. The number of hydrogen-bond donors (Lipinski definition) is 2. The molecular formula is C29H34N6O3. The van der Waals surface area contributed by atoms with Crippen molar-refractivity contribution >= 4 is 11.5 Å². The van der Waals surface area contributed by atoms with Gasteiger partial charge < -0.3 is 14.8 Å². The van der Waals surface area contributed by atoms with Crippen LogP contribution in [-0.2, 0) is 19.5 Å². The molecule has 1 aliphatic rings. The molecule has 0 amide bonds. The number of fused-ring (bicyclic) bond motifs is 3. The summed E-state index contributed by atoms with van der Waals surface area (Å²) in [5.41, 5.74) is 7.67. The number of nitrogens with zero attached hydrogens (tertiary/aromatic N) is 4. The zero-order chi connectivity index (χ0) is 26.8. The third-order valence-electron chi connectivity index (χ3n) is 6.88. The summed E-state index contributed by atoms with van der Waals surface area (Å²) in [6, 6.07) is 12.1. The van der Waals surface area contributed by atoms with Crippen LogP contribution in [0.25, 0.3) is 11.3 Å². The minimum Gasteiger partial charge on any atom is -0.493 e. The lowest BCUT2D eigenvalue weighted by Crippen LogP contribution is -2.43. The van der Waals surface area contributed by atoms with E-state index < -0.39 is 0 Å². The molecule has 0 atom stereocenters. The van der Waals surface area contributed by atoms with Crippen molar-refractivity contribution in [1.82, 2.24) is 19.3 Å². The maximum absolute atomic E-state index is 13.9. The summed E-state index contributed by atoms with van der Waals surface area (Å²) in [7, 11) is 1.63. The molecule has 0 bridgehead atoms. The van der Waals surface area contributed by atoms with Crippen LogP contribution in [-0.4, -0.2) is 39.6 Å². The van der Waals surface area contributed by atoms with Gasteiger partial charge in [0.05, 0.1) is 31.3 Å². The molecule has 2 aromatic heterocycles. The second kappa shape index (κ2) is 10.6. The number of benzene rings is 2. The van der Waals surface area contributed by atoms with Gasteiger partial charge in [0.1, 0.15) is 11.3 Å². The van der Waals surface area contributed by atoms with Crippen LogP contribution >= 0.6 is 0 Å². The summed E-state index contributed by atoms with van der Waals surface area (Å²) >= 11 is 0. The van der Waals surface area contributed by atoms with E-state index in [1.54, 1.807) is 17.9 Å². The predicted octanol–water partition coefficient (Wildman–Crippen LogP) is 4.27. The molecule has 0 saturated carbocycles. The maximum Gasteiger partial charge on any atom is 0.330 e. The van der Waals surface area contributed by atoms with E-state index in [0.29, 0.717) is 37.5 Å². The third-order valence-corrected chi connectivity index (χ3v) is 6.88. The van der Waals surface area contributed by atoms with Gasteiger partial charge in [-0.05, 0) is 69.0 Å². The van der Waals surface area contributed by atoms with E-state index in [0.717, 1.165) is 51.6 Å². The summed E-state index contributed by atoms with van der Waals surface area (Å²) in [4.78, 5) is 19.0. The Morgan fingerprint density at radius 2 is 1.89 bits per heavy atom. The molecule has 0 unspecified atom stereocenters. The number of ether oxygens (including phenoxy) is 2. The number of rotatable bonds is 8. The molecule has 0 aliphatic carbocycles. The van der Waals surface area contributed by atoms with Crippen LogP contribution in [0.3, 0.4) is 0 Å². The highest BCUT2D eigenvalue weighted by molar-refractivity contribution is 5.70. The van der Waals surface area contributed by atoms with Gasteiger partial charge in [-0.15, -0.1) is 0 Å². The zero-order valence-corrected chi connectivity index (χ0v) is 22.6. The maximum atomic E-state index is 13.9. The van der Waals surface area contributed by atoms with Crippen molar-refractivity contribution in [2.45, 2.75) is 47.2 Å². The molecule has 2 aromatic carbocycles. The summed E-state index contributed by atoms with van der Waals surface area (Å²) in [5.74, 6) is 2.17. The number of aryl methyl sites for hydroxylation is 4. The number of hydrogen-bond acceptors (Lipinski definition) is 6. The SMILES string of the molecule is CCOc1cc2c(cc1OC)-c1cc(=Nc3c(C)cc(C)cc3C)n(CCNc3ccn[nH]3)c(=O)n1CC2. The van der Waals surface area contributed by atoms with Crippen molar-refractivity contribution in [2.24, 2.45) is 4.99 Å². The molecule has 4 aromatic rings. The highest BCUT2D eigenvalue weighted by Crippen LogP contribution is 2.37. The molecule has 0 spiro atoms. The van der Waals surface area contributed by atoms with Crippen molar-refractivity contribution in [3.05, 3.63) is 80.8 Å². The van der Waals surface area contributed by atoms with Crippen LogP contribution < -0.4 is 26.0 Å². The monoisotopic (exact) mass is 514 g/mol. The van der Waals surface area contributed by atoms with E-state index in [4.69, 9.17) is 14.5 Å². The Kier molecular flexibility index (Phi) is 7.09. The Balaban J connectivity index is 1.68. The minimum atomic E-state index is -0.0893. The first-order valence-electron chi connectivity index (χ1n) is 12.9. The van der Waals surface area contributed by atoms with E-state index in [-0.39, 0.29) is 5.69 Å². The average molecular weight is 515 g/mol. The lowest BCUT2D eigenvalue weighted by atomic mass is 9.97. The molecule has 9 nitrogen and oxygen atoms in total. The Morgan fingerprint density at radius 3 is 2.58 bits per heavy atom. The second-order valence-corrected chi connectivity index (χ2v) is 9.57. The van der Waals surface area contributed by atoms with Crippen molar-refractivity contribution < 1.29 is 9.47 Å². The number of H-pyrrole nitrogens is 1. The van der Waals surface area contributed by atoms with Crippen LogP contribution in [0.4, 0.5) is 11.5 Å². The van der Waals surface area contributed by atoms with Crippen LogP contribution in [0, 0.1) is 20.8 Å². The first kappa shape index (κ1) is 25.4. The quantitative estimate of drug-likeness (QED) is 0.366. The van der Waals surface area contributed by atoms with Crippen molar-refractivity contribution in [2.75, 3.05) is 25.6 Å². The van der Waals surface area contributed by atoms with Gasteiger partial charge in [-0.2, -0.15) is 5.10 Å². The van der Waals surface area contributed by atoms with E-state index in [1.165, 1.54) is 5.56 Å². The number of anilines is 1. The number of nitrogens with one attached hydrogen (secondary N) is 2. The summed E-state index contributed by atoms with van der Waals surface area (Å²) in [6.07, 6.45) is 2.42. The minimum absolute atomic E-state index is 0.0893. The molecule has 38 heavy (non-hydrogen) atoms. The van der Waals surface area contributed by atoms with Gasteiger partial charge in [0.15, 0.2) is 11.5 Å². The second-order valence-electron chi connectivity index (χ2n) is 9.57. The Bertz CT molecular complexity index is 1580. The first-order valence-corrected chi connectivity index (χ1v) is 12.9. The van der Waals surface area contributed by atoms with Crippen molar-refractivity contribution in [1.29, 1.82) is 0 Å². The van der Waals surface area contributed by atoms with E-state index in [9.17, 15) is 4.79 Å². The van der Waals surface area contributed by atoms with E-state index >= 15 is 0 Å². The number of aromatic nitrogens is 4. The van der Waals surface area contributed by atoms with Crippen molar-refractivity contribution in [3.8, 4) is 22.8 Å². The van der Waals surface area contributed by atoms with Crippen LogP contribution in [0.2, 0.25) is 0 Å². The molecule has 0 radical (unpaired) electrons. The third kappa shape index (κ3) is 4.83. The fourth-order valence-corrected chi connectivity index (χ4v) is 5.19. The molecule has 2 N–H and O–H groups in total. The Hall–Kier alpha value is -4.27. The van der Waals surface area contributed by atoms with Crippen LogP contribution in [0.5, 0.6) is 11.5 Å². The van der Waals surface area contributed by atoms with Gasteiger partial charge in [-0.25, -0.2) is 9.79 Å². The van der Waals surface area contributed by atoms with E-state index in [2.05, 4.69) is 48.4 Å². The van der Waals surface area contributed by atoms with Crippen molar-refractivity contribution in [3.63, 3.8) is 0 Å².